The molecule has 0 amide bonds. The summed E-state index contributed by atoms with van der Waals surface area (Å²) in [7, 11) is 4.36. The molecule has 35 heavy (non-hydrogen) atoms. The number of hydrogen-bond donors (Lipinski definition) is 1. The van der Waals surface area contributed by atoms with Crippen LogP contribution in [0, 0.1) is 11.2 Å². The third kappa shape index (κ3) is 5.55. The third-order valence-electron chi connectivity index (χ3n) is 5.69. The molecule has 3 rings (SSSR count). The number of carbonyl (C=O) groups excluding carboxylic acids is 1. The van der Waals surface area contributed by atoms with Crippen LogP contribution in [0.15, 0.2) is 18.2 Å². The van der Waals surface area contributed by atoms with Crippen molar-refractivity contribution in [3.05, 3.63) is 46.3 Å². The van der Waals surface area contributed by atoms with Crippen molar-refractivity contribution >= 4 is 28.6 Å². The van der Waals surface area contributed by atoms with Crippen LogP contribution in [-0.4, -0.2) is 50.5 Å². The molecule has 0 spiro atoms. The maximum absolute atomic E-state index is 15.1. The van der Waals surface area contributed by atoms with Gasteiger partial charge < -0.3 is 23.8 Å². The number of hydrogen-bond acceptors (Lipinski definition) is 6. The van der Waals surface area contributed by atoms with Gasteiger partial charge in [0.1, 0.15) is 5.84 Å². The van der Waals surface area contributed by atoms with Gasteiger partial charge in [0.05, 0.1) is 39.5 Å². The molecule has 0 atom stereocenters. The molecule has 0 unspecified atom stereocenters. The van der Waals surface area contributed by atoms with E-state index in [1.807, 2.05) is 40.7 Å². The number of methoxy groups -OCH3 is 3. The first-order chi connectivity index (χ1) is 15.9. The number of ketones is 1. The van der Waals surface area contributed by atoms with E-state index in [4.69, 9.17) is 24.4 Å². The van der Waals surface area contributed by atoms with E-state index < -0.39 is 5.82 Å². The average Bonchev–Trinajstić information content (AvgIpc) is 3.07. The molecule has 1 heterocycles. The van der Waals surface area contributed by atoms with Gasteiger partial charge in [-0.3, -0.25) is 10.2 Å². The predicted molar refractivity (Wildman–Crippen MR) is 139 cm³/mol. The molecule has 1 aliphatic rings. The van der Waals surface area contributed by atoms with E-state index in [9.17, 15) is 4.79 Å². The summed E-state index contributed by atoms with van der Waals surface area (Å²) in [6, 6.07) is 5.14. The number of nitrogens with zero attached hydrogens (tertiary/aromatic N) is 1. The number of nitrogens with one attached hydrogen (secondary N) is 1. The molecule has 9 heteroatoms. The van der Waals surface area contributed by atoms with E-state index in [-0.39, 0.29) is 70.3 Å². The van der Waals surface area contributed by atoms with Gasteiger partial charge in [0, 0.05) is 17.7 Å². The second-order valence-corrected chi connectivity index (χ2v) is 9.56. The van der Waals surface area contributed by atoms with Crippen LogP contribution in [0.3, 0.4) is 0 Å². The predicted octanol–water partition coefficient (Wildman–Crippen LogP) is 5.54. The first kappa shape index (κ1) is 28.4. The van der Waals surface area contributed by atoms with Crippen LogP contribution in [0.25, 0.3) is 0 Å². The van der Waals surface area contributed by atoms with Crippen molar-refractivity contribution in [1.82, 2.24) is 4.90 Å². The molecule has 2 aromatic carbocycles. The highest BCUT2D eigenvalue weighted by Crippen LogP contribution is 2.41. The Balaban J connectivity index is 0.00000432. The molecule has 0 saturated heterocycles. The maximum atomic E-state index is 15.1. The number of rotatable bonds is 8. The van der Waals surface area contributed by atoms with Gasteiger partial charge in [-0.1, -0.05) is 20.8 Å². The standard InChI is InChI=1S/C26H33FN2O5.BrH/c1-14(2)34-20-10-15(9-17(23(20)32-7)26(3,4)5)18(30)13-29-12-16-11-19(31-6)24(33-8)22(27)21(16)25(29)28;/h9-11,14,28H,12-13H2,1-8H3;1H. The number of Topliss-reactive ketones (excluding diaryl/α,β-unsaturated/α-hetero) is 1. The first-order valence-electron chi connectivity index (χ1n) is 11.1. The van der Waals surface area contributed by atoms with Gasteiger partial charge in [-0.2, -0.15) is 0 Å². The van der Waals surface area contributed by atoms with E-state index in [1.165, 1.54) is 14.2 Å². The van der Waals surface area contributed by atoms with E-state index in [2.05, 4.69) is 0 Å². The van der Waals surface area contributed by atoms with E-state index in [0.717, 1.165) is 5.56 Å². The van der Waals surface area contributed by atoms with Gasteiger partial charge in [-0.05, 0) is 43.0 Å². The minimum absolute atomic E-state index is 0. The number of benzene rings is 2. The molecule has 2 aromatic rings. The summed E-state index contributed by atoms with van der Waals surface area (Å²) in [5, 5.41) is 8.52. The zero-order valence-electron chi connectivity index (χ0n) is 21.5. The Hall–Kier alpha value is -2.81. The highest BCUT2D eigenvalue weighted by Gasteiger charge is 2.33. The third-order valence-corrected chi connectivity index (χ3v) is 5.69. The fourth-order valence-corrected chi connectivity index (χ4v) is 4.10. The second kappa shape index (κ2) is 10.8. The van der Waals surface area contributed by atoms with Crippen LogP contribution in [0.2, 0.25) is 0 Å². The molecule has 0 radical (unpaired) electrons. The Morgan fingerprint density at radius 1 is 1.06 bits per heavy atom. The van der Waals surface area contributed by atoms with E-state index in [1.54, 1.807) is 24.1 Å². The van der Waals surface area contributed by atoms with Crippen molar-refractivity contribution in [2.75, 3.05) is 27.9 Å². The average molecular weight is 553 g/mol. The van der Waals surface area contributed by atoms with Gasteiger partial charge in [0.15, 0.2) is 34.6 Å². The van der Waals surface area contributed by atoms with Crippen LogP contribution in [0.1, 0.15) is 61.7 Å². The first-order valence-corrected chi connectivity index (χ1v) is 11.1. The molecule has 192 valence electrons. The maximum Gasteiger partial charge on any atom is 0.197 e. The quantitative estimate of drug-likeness (QED) is 0.433. The number of ether oxygens (including phenoxy) is 4. The summed E-state index contributed by atoms with van der Waals surface area (Å²) in [6.45, 7) is 10.1. The van der Waals surface area contributed by atoms with Gasteiger partial charge >= 0.3 is 0 Å². The fraction of sp³-hybridized carbons (Fsp3) is 0.462. The minimum Gasteiger partial charge on any atom is -0.493 e. The van der Waals surface area contributed by atoms with Crippen molar-refractivity contribution in [3.63, 3.8) is 0 Å². The molecule has 0 aromatic heterocycles. The summed E-state index contributed by atoms with van der Waals surface area (Å²) in [4.78, 5) is 14.9. The normalized spacial score (nSPS) is 12.9. The number of carbonyl (C=O) groups is 1. The molecular weight excluding hydrogens is 519 g/mol. The van der Waals surface area contributed by atoms with Crippen molar-refractivity contribution in [1.29, 1.82) is 5.41 Å². The smallest absolute Gasteiger partial charge is 0.197 e. The topological polar surface area (TPSA) is 81.1 Å². The second-order valence-electron chi connectivity index (χ2n) is 9.56. The lowest BCUT2D eigenvalue weighted by atomic mass is 9.84. The summed E-state index contributed by atoms with van der Waals surface area (Å²) < 4.78 is 37.0. The lowest BCUT2D eigenvalue weighted by molar-refractivity contribution is 0.0961. The Morgan fingerprint density at radius 2 is 1.69 bits per heavy atom. The van der Waals surface area contributed by atoms with Gasteiger partial charge in [-0.25, -0.2) is 4.39 Å². The van der Waals surface area contributed by atoms with Crippen LogP contribution >= 0.6 is 17.0 Å². The highest BCUT2D eigenvalue weighted by molar-refractivity contribution is 8.93. The van der Waals surface area contributed by atoms with Gasteiger partial charge in [0.25, 0.3) is 0 Å². The van der Waals surface area contributed by atoms with Crippen LogP contribution in [0.4, 0.5) is 4.39 Å². The minimum atomic E-state index is -0.663. The zero-order chi connectivity index (χ0) is 25.4. The largest absolute Gasteiger partial charge is 0.493 e. The van der Waals surface area contributed by atoms with Crippen LogP contribution < -0.4 is 18.9 Å². The SMILES string of the molecule is Br.COc1cc2c(c(F)c1OC)C(=N)N(CC(=O)c1cc(OC(C)C)c(OC)c(C(C)(C)C)c1)C2. The summed E-state index contributed by atoms with van der Waals surface area (Å²) in [5.41, 5.74) is 1.68. The zero-order valence-corrected chi connectivity index (χ0v) is 23.2. The van der Waals surface area contributed by atoms with Crippen molar-refractivity contribution in [2.24, 2.45) is 0 Å². The van der Waals surface area contributed by atoms with E-state index in [0.29, 0.717) is 22.6 Å². The molecule has 7 nitrogen and oxygen atoms in total. The monoisotopic (exact) mass is 552 g/mol. The van der Waals surface area contributed by atoms with E-state index >= 15 is 4.39 Å². The van der Waals surface area contributed by atoms with Gasteiger partial charge in [0.2, 0.25) is 0 Å². The molecule has 0 bridgehead atoms. The fourth-order valence-electron chi connectivity index (χ4n) is 4.10. The Morgan fingerprint density at radius 3 is 2.20 bits per heavy atom. The molecule has 1 aliphatic heterocycles. The van der Waals surface area contributed by atoms with Crippen LogP contribution in [-0.2, 0) is 12.0 Å². The molecule has 0 aliphatic carbocycles. The number of halogens is 2. The van der Waals surface area contributed by atoms with Gasteiger partial charge in [-0.15, -0.1) is 17.0 Å². The Bertz CT molecular complexity index is 1130. The Kier molecular flexibility index (Phi) is 8.81. The number of amidine groups is 1. The lowest BCUT2D eigenvalue weighted by Crippen LogP contribution is -2.30. The molecule has 0 saturated carbocycles. The summed E-state index contributed by atoms with van der Waals surface area (Å²) in [6.07, 6.45) is -0.110. The summed E-state index contributed by atoms with van der Waals surface area (Å²) in [5.74, 6) is 0.348. The van der Waals surface area contributed by atoms with Crippen molar-refractivity contribution in [3.8, 4) is 23.0 Å². The molecule has 1 N–H and O–H groups in total. The highest BCUT2D eigenvalue weighted by atomic mass is 79.9. The number of fused-ring (bicyclic) bond motifs is 1. The van der Waals surface area contributed by atoms with Crippen molar-refractivity contribution in [2.45, 2.75) is 52.7 Å². The summed E-state index contributed by atoms with van der Waals surface area (Å²) >= 11 is 0. The Labute approximate surface area is 216 Å². The molecule has 0 fully saturated rings. The van der Waals surface area contributed by atoms with Crippen LogP contribution in [0.5, 0.6) is 23.0 Å². The molecular formula is C26H34BrFN2O5. The lowest BCUT2D eigenvalue weighted by Gasteiger charge is -2.26. The van der Waals surface area contributed by atoms with Crippen molar-refractivity contribution < 1.29 is 28.1 Å².